The van der Waals surface area contributed by atoms with Gasteiger partial charge in [0.1, 0.15) is 0 Å². The zero-order valence-electron chi connectivity index (χ0n) is 15.1. The summed E-state index contributed by atoms with van der Waals surface area (Å²) in [6.07, 6.45) is 2.25. The number of hydrogen-bond donors (Lipinski definition) is 0. The molecule has 3 rings (SSSR count). The quantitative estimate of drug-likeness (QED) is 0.736. The van der Waals surface area contributed by atoms with Gasteiger partial charge in [0.15, 0.2) is 0 Å². The summed E-state index contributed by atoms with van der Waals surface area (Å²) in [6.45, 7) is 9.20. The van der Waals surface area contributed by atoms with Crippen molar-refractivity contribution in [3.8, 4) is 0 Å². The van der Waals surface area contributed by atoms with Crippen LogP contribution in [-0.2, 0) is 14.8 Å². The Morgan fingerprint density at radius 3 is 2.56 bits per heavy atom. The lowest BCUT2D eigenvalue weighted by atomic mass is 10.1. The number of aryl methyl sites for hydroxylation is 1. The maximum absolute atomic E-state index is 13.1. The molecule has 0 radical (unpaired) electrons. The molecule has 2 aliphatic heterocycles. The first-order valence-corrected chi connectivity index (χ1v) is 11.2. The van der Waals surface area contributed by atoms with E-state index in [0.717, 1.165) is 42.5 Å². The lowest BCUT2D eigenvalue weighted by molar-refractivity contribution is -0.0707. The summed E-state index contributed by atoms with van der Waals surface area (Å²) in [6, 6.07) is 5.32. The van der Waals surface area contributed by atoms with Crippen LogP contribution in [0.25, 0.3) is 0 Å². The van der Waals surface area contributed by atoms with Gasteiger partial charge in [0.05, 0.1) is 17.1 Å². The first-order valence-electron chi connectivity index (χ1n) is 8.93. The molecule has 1 aromatic rings. The Kier molecular flexibility index (Phi) is 5.90. The summed E-state index contributed by atoms with van der Waals surface area (Å²) in [5.74, 6) is 0. The third kappa shape index (κ3) is 4.27. The Hall–Kier alpha value is -0.470. The summed E-state index contributed by atoms with van der Waals surface area (Å²) >= 11 is 3.44. The topological polar surface area (TPSA) is 49.9 Å². The van der Waals surface area contributed by atoms with Gasteiger partial charge in [-0.2, -0.15) is 4.31 Å². The van der Waals surface area contributed by atoms with Crippen LogP contribution in [-0.4, -0.2) is 62.1 Å². The maximum atomic E-state index is 13.1. The number of hydrogen-bond acceptors (Lipinski definition) is 4. The summed E-state index contributed by atoms with van der Waals surface area (Å²) in [5.41, 5.74) is 0.938. The molecule has 25 heavy (non-hydrogen) atoms. The van der Waals surface area contributed by atoms with Crippen molar-refractivity contribution in [3.63, 3.8) is 0 Å². The van der Waals surface area contributed by atoms with Crippen molar-refractivity contribution in [2.45, 2.75) is 56.8 Å². The monoisotopic (exact) mass is 430 g/mol. The summed E-state index contributed by atoms with van der Waals surface area (Å²) < 4.78 is 34.7. The third-order valence-electron chi connectivity index (χ3n) is 5.02. The van der Waals surface area contributed by atoms with Gasteiger partial charge in [-0.1, -0.05) is 15.9 Å². The highest BCUT2D eigenvalue weighted by Crippen LogP contribution is 2.29. The Bertz CT molecular complexity index is 715. The van der Waals surface area contributed by atoms with E-state index in [-0.39, 0.29) is 18.2 Å². The fraction of sp³-hybridized carbons (Fsp3) is 0.667. The number of rotatable bonds is 4. The Balaban J connectivity index is 1.77. The molecule has 140 valence electrons. The molecule has 0 spiro atoms. The summed E-state index contributed by atoms with van der Waals surface area (Å²) in [7, 11) is -3.45. The van der Waals surface area contributed by atoms with Crippen LogP contribution in [0, 0.1) is 6.92 Å². The van der Waals surface area contributed by atoms with Crippen LogP contribution in [0.3, 0.4) is 0 Å². The lowest BCUT2D eigenvalue weighted by Gasteiger charge is -2.38. The van der Waals surface area contributed by atoms with E-state index in [2.05, 4.69) is 34.7 Å². The van der Waals surface area contributed by atoms with Gasteiger partial charge in [0, 0.05) is 36.7 Å². The van der Waals surface area contributed by atoms with Crippen LogP contribution in [0.2, 0.25) is 0 Å². The van der Waals surface area contributed by atoms with Gasteiger partial charge < -0.3 is 4.74 Å². The van der Waals surface area contributed by atoms with Crippen LogP contribution in [0.1, 0.15) is 32.3 Å². The number of benzene rings is 1. The minimum atomic E-state index is -3.45. The van der Waals surface area contributed by atoms with E-state index in [1.807, 2.05) is 13.0 Å². The first kappa shape index (κ1) is 19.3. The number of halogens is 1. The Labute approximate surface area is 159 Å². The predicted molar refractivity (Wildman–Crippen MR) is 102 cm³/mol. The van der Waals surface area contributed by atoms with Crippen molar-refractivity contribution in [2.75, 3.05) is 26.2 Å². The molecule has 2 aliphatic rings. The van der Waals surface area contributed by atoms with E-state index in [9.17, 15) is 8.42 Å². The molecule has 1 aromatic carbocycles. The molecule has 0 unspecified atom stereocenters. The third-order valence-corrected chi connectivity index (χ3v) is 7.86. The highest BCUT2D eigenvalue weighted by molar-refractivity contribution is 9.10. The minimum absolute atomic E-state index is 0.0476. The standard InChI is InChI=1S/C18H27BrN2O3S/c1-13-9-17(6-7-18(13)19)25(22,23)21-8-4-5-16(21)12-20-10-14(2)24-15(3)11-20/h6-7,9,14-16H,4-5,8,10-12H2,1-3H3/t14-,15-,16+/m0/s1. The highest BCUT2D eigenvalue weighted by Gasteiger charge is 2.37. The average Bonchev–Trinajstić information content (AvgIpc) is 2.97. The molecule has 0 saturated carbocycles. The fourth-order valence-electron chi connectivity index (χ4n) is 3.95. The van der Waals surface area contributed by atoms with E-state index < -0.39 is 10.0 Å². The van der Waals surface area contributed by atoms with E-state index in [0.29, 0.717) is 11.4 Å². The van der Waals surface area contributed by atoms with Gasteiger partial charge >= 0.3 is 0 Å². The zero-order valence-corrected chi connectivity index (χ0v) is 17.5. The maximum Gasteiger partial charge on any atom is 0.243 e. The van der Waals surface area contributed by atoms with Crippen molar-refractivity contribution in [1.29, 1.82) is 0 Å². The van der Waals surface area contributed by atoms with Crippen LogP contribution in [0.5, 0.6) is 0 Å². The number of morpholine rings is 1. The van der Waals surface area contributed by atoms with E-state index in [1.54, 1.807) is 16.4 Å². The van der Waals surface area contributed by atoms with Gasteiger partial charge in [-0.3, -0.25) is 4.90 Å². The zero-order chi connectivity index (χ0) is 18.2. The number of nitrogens with zero attached hydrogens (tertiary/aromatic N) is 2. The molecule has 2 saturated heterocycles. The van der Waals surface area contributed by atoms with Gasteiger partial charge in [-0.15, -0.1) is 0 Å². The molecule has 0 N–H and O–H groups in total. The van der Waals surface area contributed by atoms with Gasteiger partial charge in [0.25, 0.3) is 0 Å². The Morgan fingerprint density at radius 1 is 1.24 bits per heavy atom. The number of ether oxygens (including phenoxy) is 1. The van der Waals surface area contributed by atoms with Crippen LogP contribution in [0.4, 0.5) is 0 Å². The fourth-order valence-corrected chi connectivity index (χ4v) is 5.97. The van der Waals surface area contributed by atoms with Crippen molar-refractivity contribution in [2.24, 2.45) is 0 Å². The van der Waals surface area contributed by atoms with Crippen LogP contribution >= 0.6 is 15.9 Å². The normalized spacial score (nSPS) is 29.2. The van der Waals surface area contributed by atoms with Crippen LogP contribution in [0.15, 0.2) is 27.6 Å². The van der Waals surface area contributed by atoms with E-state index >= 15 is 0 Å². The van der Waals surface area contributed by atoms with E-state index in [4.69, 9.17) is 4.74 Å². The molecule has 0 amide bonds. The minimum Gasteiger partial charge on any atom is -0.373 e. The second kappa shape index (κ2) is 7.64. The molecule has 7 heteroatoms. The largest absolute Gasteiger partial charge is 0.373 e. The highest BCUT2D eigenvalue weighted by atomic mass is 79.9. The number of sulfonamides is 1. The lowest BCUT2D eigenvalue weighted by Crippen LogP contribution is -2.50. The van der Waals surface area contributed by atoms with E-state index in [1.165, 1.54) is 0 Å². The first-order chi connectivity index (χ1) is 11.8. The van der Waals surface area contributed by atoms with Crippen molar-refractivity contribution < 1.29 is 13.2 Å². The smallest absolute Gasteiger partial charge is 0.243 e. The Morgan fingerprint density at radius 2 is 1.92 bits per heavy atom. The molecule has 0 aliphatic carbocycles. The average molecular weight is 431 g/mol. The molecule has 0 aromatic heterocycles. The van der Waals surface area contributed by atoms with Crippen molar-refractivity contribution in [3.05, 3.63) is 28.2 Å². The van der Waals surface area contributed by atoms with Crippen LogP contribution < -0.4 is 0 Å². The molecule has 0 bridgehead atoms. The van der Waals surface area contributed by atoms with Crippen molar-refractivity contribution in [1.82, 2.24) is 9.21 Å². The second-order valence-corrected chi connectivity index (χ2v) is 10.0. The molecule has 2 fully saturated rings. The SMILES string of the molecule is Cc1cc(S(=O)(=O)N2CCC[C@@H]2CN2C[C@H](C)O[C@@H](C)C2)ccc1Br. The van der Waals surface area contributed by atoms with Gasteiger partial charge in [-0.25, -0.2) is 8.42 Å². The van der Waals surface area contributed by atoms with Gasteiger partial charge in [0.2, 0.25) is 10.0 Å². The summed E-state index contributed by atoms with van der Waals surface area (Å²) in [5, 5.41) is 0. The molecular formula is C18H27BrN2O3S. The summed E-state index contributed by atoms with van der Waals surface area (Å²) in [4.78, 5) is 2.74. The molecule has 5 nitrogen and oxygen atoms in total. The molecule has 2 heterocycles. The second-order valence-electron chi connectivity index (χ2n) is 7.30. The molecule has 3 atom stereocenters. The molecular weight excluding hydrogens is 404 g/mol. The van der Waals surface area contributed by atoms with Gasteiger partial charge in [-0.05, 0) is 57.4 Å². The predicted octanol–water partition coefficient (Wildman–Crippen LogP) is 3.02. The van der Waals surface area contributed by atoms with Crippen molar-refractivity contribution >= 4 is 26.0 Å².